The van der Waals surface area contributed by atoms with Gasteiger partial charge in [-0.3, -0.25) is 4.79 Å². The second kappa shape index (κ2) is 5.92. The van der Waals surface area contributed by atoms with Gasteiger partial charge in [0.2, 0.25) is 0 Å². The van der Waals surface area contributed by atoms with Gasteiger partial charge in [-0.2, -0.15) is 0 Å². The number of anilines is 1. The molecule has 1 atom stereocenters. The highest BCUT2D eigenvalue weighted by Crippen LogP contribution is 2.40. The van der Waals surface area contributed by atoms with Crippen LogP contribution in [0.4, 0.5) is 5.69 Å². The highest BCUT2D eigenvalue weighted by molar-refractivity contribution is 6.02. The van der Waals surface area contributed by atoms with E-state index in [9.17, 15) is 4.79 Å². The molecule has 1 amide bonds. The fourth-order valence-electron chi connectivity index (χ4n) is 2.91. The Bertz CT molecular complexity index is 564. The van der Waals surface area contributed by atoms with Crippen LogP contribution in [0.3, 0.4) is 0 Å². The van der Waals surface area contributed by atoms with Crippen molar-refractivity contribution >= 4 is 11.6 Å². The summed E-state index contributed by atoms with van der Waals surface area (Å²) in [4.78, 5) is 14.5. The molecule has 1 unspecified atom stereocenters. The highest BCUT2D eigenvalue weighted by Gasteiger charge is 2.42. The number of hydrogen-bond acceptors (Lipinski definition) is 3. The zero-order valence-corrected chi connectivity index (χ0v) is 14.5. The Morgan fingerprint density at radius 2 is 1.86 bits per heavy atom. The van der Waals surface area contributed by atoms with Crippen LogP contribution in [0.2, 0.25) is 0 Å². The van der Waals surface area contributed by atoms with Crippen LogP contribution in [-0.2, 0) is 4.79 Å². The van der Waals surface area contributed by atoms with Gasteiger partial charge in [-0.1, -0.05) is 19.9 Å². The van der Waals surface area contributed by atoms with Crippen molar-refractivity contribution in [1.29, 1.82) is 0 Å². The molecular weight excluding hydrogens is 276 g/mol. The van der Waals surface area contributed by atoms with Gasteiger partial charge < -0.3 is 15.4 Å². The van der Waals surface area contributed by atoms with Crippen molar-refractivity contribution in [1.82, 2.24) is 0 Å². The average Bonchev–Trinajstić information content (AvgIpc) is 2.38. The Hall–Kier alpha value is -1.55. The summed E-state index contributed by atoms with van der Waals surface area (Å²) >= 11 is 0. The van der Waals surface area contributed by atoms with Crippen LogP contribution < -0.4 is 15.4 Å². The summed E-state index contributed by atoms with van der Waals surface area (Å²) in [5, 5.41) is 0. The number of benzene rings is 1. The molecule has 4 nitrogen and oxygen atoms in total. The minimum absolute atomic E-state index is 0.00965. The first-order valence-corrected chi connectivity index (χ1v) is 8.05. The lowest BCUT2D eigenvalue weighted by atomic mass is 9.95. The molecular formula is C18H28N2O2. The molecule has 0 saturated heterocycles. The standard InChI is InChI=1S/C18H28N2O2/c1-11(2)9-14(19)13-7-8-16-15(10-13)20(12(3)4)17(21)18(5,6)22-16/h7-8,10-12,14H,9,19H2,1-6H3. The molecule has 0 saturated carbocycles. The molecule has 0 aliphatic carbocycles. The van der Waals surface area contributed by atoms with Gasteiger partial charge >= 0.3 is 0 Å². The Labute approximate surface area is 133 Å². The van der Waals surface area contributed by atoms with Gasteiger partial charge in [0.25, 0.3) is 5.91 Å². The maximum Gasteiger partial charge on any atom is 0.270 e. The van der Waals surface area contributed by atoms with E-state index in [0.717, 1.165) is 23.4 Å². The molecule has 0 bridgehead atoms. The van der Waals surface area contributed by atoms with Crippen LogP contribution in [0.15, 0.2) is 18.2 Å². The minimum Gasteiger partial charge on any atom is -0.476 e. The van der Waals surface area contributed by atoms with Crippen LogP contribution in [0.5, 0.6) is 5.75 Å². The Balaban J connectivity index is 2.45. The Morgan fingerprint density at radius 3 is 2.41 bits per heavy atom. The maximum atomic E-state index is 12.7. The Kier molecular flexibility index (Phi) is 4.52. The van der Waals surface area contributed by atoms with Gasteiger partial charge in [0.05, 0.1) is 5.69 Å². The highest BCUT2D eigenvalue weighted by atomic mass is 16.5. The van der Waals surface area contributed by atoms with Gasteiger partial charge in [-0.05, 0) is 57.7 Å². The summed E-state index contributed by atoms with van der Waals surface area (Å²) in [6, 6.07) is 6.01. The lowest BCUT2D eigenvalue weighted by Crippen LogP contribution is -2.54. The number of hydrogen-bond donors (Lipinski definition) is 1. The third-order valence-electron chi connectivity index (χ3n) is 4.01. The van der Waals surface area contributed by atoms with E-state index in [1.165, 1.54) is 0 Å². The van der Waals surface area contributed by atoms with Gasteiger partial charge in [-0.25, -0.2) is 0 Å². The van der Waals surface area contributed by atoms with Crippen molar-refractivity contribution in [2.75, 3.05) is 4.90 Å². The number of rotatable bonds is 4. The van der Waals surface area contributed by atoms with E-state index in [-0.39, 0.29) is 18.0 Å². The summed E-state index contributed by atoms with van der Waals surface area (Å²) in [6.45, 7) is 12.0. The lowest BCUT2D eigenvalue weighted by molar-refractivity contribution is -0.133. The van der Waals surface area contributed by atoms with Crippen LogP contribution in [0.1, 0.15) is 59.6 Å². The SMILES string of the molecule is CC(C)CC(N)c1ccc2c(c1)N(C(C)C)C(=O)C(C)(C)O2. The number of fused-ring (bicyclic) bond motifs is 1. The largest absolute Gasteiger partial charge is 0.476 e. The summed E-state index contributed by atoms with van der Waals surface area (Å²) in [7, 11) is 0. The average molecular weight is 304 g/mol. The van der Waals surface area contributed by atoms with Crippen LogP contribution >= 0.6 is 0 Å². The van der Waals surface area contributed by atoms with Gasteiger partial charge in [-0.15, -0.1) is 0 Å². The summed E-state index contributed by atoms with van der Waals surface area (Å²) in [6.07, 6.45) is 0.917. The summed E-state index contributed by atoms with van der Waals surface area (Å²) < 4.78 is 5.90. The topological polar surface area (TPSA) is 55.6 Å². The number of carbonyl (C=O) groups is 1. The monoisotopic (exact) mass is 304 g/mol. The predicted molar refractivity (Wildman–Crippen MR) is 90.2 cm³/mol. The Morgan fingerprint density at radius 1 is 1.23 bits per heavy atom. The van der Waals surface area contributed by atoms with Crippen LogP contribution in [0, 0.1) is 5.92 Å². The zero-order chi connectivity index (χ0) is 16.7. The van der Waals surface area contributed by atoms with E-state index in [4.69, 9.17) is 10.5 Å². The number of nitrogens with zero attached hydrogens (tertiary/aromatic N) is 1. The number of nitrogens with two attached hydrogens (primary N) is 1. The number of amides is 1. The molecule has 1 heterocycles. The quantitative estimate of drug-likeness (QED) is 0.924. The predicted octanol–water partition coefficient (Wildman–Crippen LogP) is 3.64. The van der Waals surface area contributed by atoms with Crippen LogP contribution in [-0.4, -0.2) is 17.6 Å². The molecule has 0 spiro atoms. The first kappa shape index (κ1) is 16.8. The van der Waals surface area contributed by atoms with Gasteiger partial charge in [0, 0.05) is 12.1 Å². The van der Waals surface area contributed by atoms with Crippen molar-refractivity contribution < 1.29 is 9.53 Å². The van der Waals surface area contributed by atoms with Gasteiger partial charge in [0.15, 0.2) is 5.60 Å². The number of ether oxygens (including phenoxy) is 1. The minimum atomic E-state index is -0.834. The fraction of sp³-hybridized carbons (Fsp3) is 0.611. The van der Waals surface area contributed by atoms with E-state index < -0.39 is 5.60 Å². The molecule has 4 heteroatoms. The van der Waals surface area contributed by atoms with Gasteiger partial charge in [0.1, 0.15) is 5.75 Å². The molecule has 2 rings (SSSR count). The summed E-state index contributed by atoms with van der Waals surface area (Å²) in [5.41, 5.74) is 7.34. The molecule has 1 aromatic carbocycles. The first-order valence-electron chi connectivity index (χ1n) is 8.05. The first-order chi connectivity index (χ1) is 10.1. The van der Waals surface area contributed by atoms with Crippen LogP contribution in [0.25, 0.3) is 0 Å². The smallest absolute Gasteiger partial charge is 0.270 e. The number of carbonyl (C=O) groups excluding carboxylic acids is 1. The zero-order valence-electron chi connectivity index (χ0n) is 14.5. The molecule has 1 aliphatic heterocycles. The second-order valence-electron chi connectivity index (χ2n) is 7.34. The normalized spacial score (nSPS) is 18.4. The van der Waals surface area contributed by atoms with Crippen molar-refractivity contribution in [3.63, 3.8) is 0 Å². The van der Waals surface area contributed by atoms with E-state index >= 15 is 0 Å². The molecule has 1 aliphatic rings. The van der Waals surface area contributed by atoms with Crippen molar-refractivity contribution in [3.05, 3.63) is 23.8 Å². The molecule has 1 aromatic rings. The molecule has 0 fully saturated rings. The fourth-order valence-corrected chi connectivity index (χ4v) is 2.91. The van der Waals surface area contributed by atoms with Crippen molar-refractivity contribution in [2.45, 2.75) is 65.6 Å². The molecule has 0 radical (unpaired) electrons. The van der Waals surface area contributed by atoms with E-state index in [2.05, 4.69) is 13.8 Å². The molecule has 0 aromatic heterocycles. The summed E-state index contributed by atoms with van der Waals surface area (Å²) in [5.74, 6) is 1.27. The van der Waals surface area contributed by atoms with Crippen molar-refractivity contribution in [2.24, 2.45) is 11.7 Å². The second-order valence-corrected chi connectivity index (χ2v) is 7.34. The van der Waals surface area contributed by atoms with E-state index in [1.807, 2.05) is 50.8 Å². The third-order valence-corrected chi connectivity index (χ3v) is 4.01. The third kappa shape index (κ3) is 3.12. The van der Waals surface area contributed by atoms with E-state index in [0.29, 0.717) is 5.92 Å². The van der Waals surface area contributed by atoms with E-state index in [1.54, 1.807) is 0 Å². The molecule has 122 valence electrons. The maximum absolute atomic E-state index is 12.7. The molecule has 22 heavy (non-hydrogen) atoms. The van der Waals surface area contributed by atoms with Crippen molar-refractivity contribution in [3.8, 4) is 5.75 Å². The molecule has 2 N–H and O–H groups in total. The lowest BCUT2D eigenvalue weighted by Gasteiger charge is -2.41.